The van der Waals surface area contributed by atoms with E-state index in [-0.39, 0.29) is 0 Å². The van der Waals surface area contributed by atoms with Gasteiger partial charge in [0.15, 0.2) is 0 Å². The molecule has 1 nitrogen and oxygen atoms in total. The van der Waals surface area contributed by atoms with Gasteiger partial charge in [-0.15, -0.1) is 0 Å². The predicted octanol–water partition coefficient (Wildman–Crippen LogP) is 18.2. The lowest BCUT2D eigenvalue weighted by Gasteiger charge is -2.36. The van der Waals surface area contributed by atoms with Crippen LogP contribution in [0.25, 0.3) is 0 Å². The third-order valence-electron chi connectivity index (χ3n) is 17.0. The summed E-state index contributed by atoms with van der Waals surface area (Å²) < 4.78 is 9.48. The first kappa shape index (κ1) is 64.8. The molecule has 0 unspecified atom stereocenters. The molecule has 0 radical (unpaired) electrons. The number of aryl methyl sites for hydroxylation is 8. The van der Waals surface area contributed by atoms with Gasteiger partial charge in [0.1, 0.15) is 0 Å². The van der Waals surface area contributed by atoms with Crippen LogP contribution in [0.5, 0.6) is 0 Å². The Labute approximate surface area is 469 Å². The molecule has 0 saturated heterocycles. The van der Waals surface area contributed by atoms with E-state index in [2.05, 4.69) is 132 Å². The van der Waals surface area contributed by atoms with Gasteiger partial charge < -0.3 is 4.12 Å². The van der Waals surface area contributed by atoms with E-state index >= 15 is 0 Å². The summed E-state index contributed by atoms with van der Waals surface area (Å²) in [5.74, 6) is 0. The smallest absolute Gasteiger partial charge is 0.229 e. The topological polar surface area (TPSA) is 9.23 Å². The van der Waals surface area contributed by atoms with Crippen LogP contribution in [-0.4, -0.2) is 18.1 Å². The van der Waals surface area contributed by atoms with E-state index < -0.39 is 18.1 Å². The Kier molecular flexibility index (Phi) is 32.8. The first-order valence-electron chi connectivity index (χ1n) is 33.0. The third-order valence-corrected chi connectivity index (χ3v) is 24.2. The van der Waals surface area contributed by atoms with Crippen molar-refractivity contribution in [2.45, 2.75) is 314 Å². The van der Waals surface area contributed by atoms with E-state index in [9.17, 15) is 4.12 Å². The highest BCUT2D eigenvalue weighted by Crippen LogP contribution is 2.28. The van der Waals surface area contributed by atoms with Crippen LogP contribution in [0.4, 0.5) is 0 Å². The molecule has 0 aromatic heterocycles. The predicted molar refractivity (Wildman–Crippen MR) is 343 cm³/mol. The molecule has 0 aliphatic heterocycles. The number of benzene rings is 4. The Bertz CT molecular complexity index is 1880. The van der Waals surface area contributed by atoms with Crippen molar-refractivity contribution in [3.63, 3.8) is 0 Å². The van der Waals surface area contributed by atoms with Gasteiger partial charge >= 0.3 is 0 Å². The fraction of sp³-hybridized carbons (Fsp3) is 0.667. The summed E-state index contributed by atoms with van der Waals surface area (Å²) in [6.07, 6.45) is 43.8. The molecule has 420 valence electrons. The molecule has 0 spiro atoms. The van der Waals surface area contributed by atoms with Gasteiger partial charge in [0, 0.05) is 0 Å². The first-order chi connectivity index (χ1) is 36.8. The summed E-state index contributed by atoms with van der Waals surface area (Å²) in [7, 11) is -5.01. The maximum atomic E-state index is 9.48. The lowest BCUT2D eigenvalue weighted by Crippen LogP contribution is -2.61. The van der Waals surface area contributed by atoms with Gasteiger partial charge in [-0.25, -0.2) is 0 Å². The zero-order valence-corrected chi connectivity index (χ0v) is 53.9. The monoisotopic (exact) mass is 1050 g/mol. The molecule has 0 aliphatic rings. The molecule has 0 atom stereocenters. The summed E-state index contributed by atoms with van der Waals surface area (Å²) in [4.78, 5) is 0. The highest BCUT2D eigenvalue weighted by atomic mass is 28.4. The molecule has 4 aromatic carbocycles. The maximum absolute atomic E-state index is 9.48. The molecule has 0 heterocycles. The molecule has 4 rings (SSSR count). The minimum absolute atomic E-state index is 1.16. The lowest BCUT2D eigenvalue weighted by molar-refractivity contribution is 0.624. The van der Waals surface area contributed by atoms with Crippen molar-refractivity contribution in [1.29, 1.82) is 0 Å². The molecule has 0 aliphatic carbocycles. The number of hydrogen-bond donors (Lipinski definition) is 0. The van der Waals surface area contributed by atoms with Crippen molar-refractivity contribution < 1.29 is 4.12 Å². The molecule has 0 amide bonds. The molecule has 0 bridgehead atoms. The minimum Gasteiger partial charge on any atom is -0.446 e. The average molecular weight is 1060 g/mol. The molecule has 0 saturated carbocycles. The maximum Gasteiger partial charge on any atom is 0.229 e. The van der Waals surface area contributed by atoms with Crippen molar-refractivity contribution in [3.05, 3.63) is 115 Å². The number of rotatable bonds is 42. The van der Waals surface area contributed by atoms with E-state index in [1.807, 2.05) is 0 Å². The van der Waals surface area contributed by atoms with Gasteiger partial charge in [0.05, 0.1) is 0 Å². The zero-order chi connectivity index (χ0) is 54.2. The second-order valence-electron chi connectivity index (χ2n) is 23.2. The Morgan fingerprint density at radius 1 is 0.213 bits per heavy atom. The van der Waals surface area contributed by atoms with Crippen LogP contribution in [0.15, 0.2) is 48.5 Å². The SMILES string of the molecule is CCCCc1ccc(CCCC)c([SiH](O[SiH](c2c(CCCC)ccc(CCCC)c2CCCC)c2c(CCCC)ccc(CCCC)c2CCCC)c2c(CCCC)ccc(CCCC)c2CCCC)c1CCCC. The van der Waals surface area contributed by atoms with Crippen LogP contribution in [0.3, 0.4) is 0 Å². The first-order valence-corrected chi connectivity index (χ1v) is 36.2. The number of unbranched alkanes of at least 4 members (excludes halogenated alkanes) is 12. The molecule has 4 aromatic rings. The summed E-state index contributed by atoms with van der Waals surface area (Å²) >= 11 is 0. The van der Waals surface area contributed by atoms with Gasteiger partial charge in [-0.1, -0.05) is 209 Å². The molecule has 0 N–H and O–H groups in total. The Morgan fingerprint density at radius 2 is 0.360 bits per heavy atom. The molecule has 3 heteroatoms. The van der Waals surface area contributed by atoms with E-state index in [0.29, 0.717) is 0 Å². The van der Waals surface area contributed by atoms with Crippen LogP contribution in [0, 0.1) is 0 Å². The van der Waals surface area contributed by atoms with E-state index in [4.69, 9.17) is 0 Å². The van der Waals surface area contributed by atoms with Crippen molar-refractivity contribution >= 4 is 38.8 Å². The lowest BCUT2D eigenvalue weighted by atomic mass is 9.93. The Morgan fingerprint density at radius 3 is 0.533 bits per heavy atom. The van der Waals surface area contributed by atoms with Crippen LogP contribution >= 0.6 is 0 Å². The van der Waals surface area contributed by atoms with Crippen LogP contribution < -0.4 is 20.7 Å². The van der Waals surface area contributed by atoms with Crippen LogP contribution in [0.1, 0.15) is 304 Å². The summed E-state index contributed by atoms with van der Waals surface area (Å²) in [5.41, 5.74) is 20.1. The Balaban J connectivity index is 2.51. The largest absolute Gasteiger partial charge is 0.446 e. The van der Waals surface area contributed by atoms with E-state index in [1.165, 1.54) is 205 Å². The van der Waals surface area contributed by atoms with Crippen molar-refractivity contribution in [2.24, 2.45) is 0 Å². The fourth-order valence-corrected chi connectivity index (χ4v) is 21.1. The summed E-state index contributed by atoms with van der Waals surface area (Å²) in [5, 5.41) is 7.02. The molecular formula is C72H118OSi2. The van der Waals surface area contributed by atoms with Gasteiger partial charge in [-0.2, -0.15) is 0 Å². The Hall–Kier alpha value is -2.73. The second kappa shape index (κ2) is 38.0. The summed E-state index contributed by atoms with van der Waals surface area (Å²) in [6.45, 7) is 29.1. The van der Waals surface area contributed by atoms with Crippen LogP contribution in [-0.2, 0) is 81.2 Å². The minimum atomic E-state index is -2.51. The normalized spacial score (nSPS) is 11.8. The average Bonchev–Trinajstić information content (AvgIpc) is 3.43. The van der Waals surface area contributed by atoms with E-state index in [0.717, 1.165) is 25.7 Å². The molecule has 0 fully saturated rings. The second-order valence-corrected chi connectivity index (χ2v) is 28.2. The quantitative estimate of drug-likeness (QED) is 0.0402. The van der Waals surface area contributed by atoms with Gasteiger partial charge in [0.25, 0.3) is 0 Å². The highest BCUT2D eigenvalue weighted by Gasteiger charge is 2.38. The molecular weight excluding hydrogens is 937 g/mol. The van der Waals surface area contributed by atoms with Crippen molar-refractivity contribution in [2.75, 3.05) is 0 Å². The van der Waals surface area contributed by atoms with Crippen LogP contribution in [0.2, 0.25) is 0 Å². The molecule has 75 heavy (non-hydrogen) atoms. The van der Waals surface area contributed by atoms with Gasteiger partial charge in [-0.05, 0) is 242 Å². The standard InChI is InChI=1S/C72H118OSi2/c1-13-25-37-57-49-53-61(41-29-17-5)69(65(57)45-33-21-9)74(70-62(42-30-18-6)54-50-58(38-26-14-2)66(70)46-34-22-10)73-75(71-63(43-31-19-7)55-51-59(39-27-15-3)67(71)47-35-23-11)72-64(44-32-20-8)56-52-60(40-28-16-4)68(72)48-36-24-12/h49-56,74-75H,13-48H2,1-12H3. The van der Waals surface area contributed by atoms with E-state index in [1.54, 1.807) is 87.5 Å². The van der Waals surface area contributed by atoms with Gasteiger partial charge in [0.2, 0.25) is 18.1 Å². The van der Waals surface area contributed by atoms with Crippen molar-refractivity contribution in [1.82, 2.24) is 0 Å². The fourth-order valence-electron chi connectivity index (χ4n) is 12.4. The number of hydrogen-bond acceptors (Lipinski definition) is 1. The van der Waals surface area contributed by atoms with Gasteiger partial charge in [-0.3, -0.25) is 0 Å². The zero-order valence-electron chi connectivity index (χ0n) is 51.6. The highest BCUT2D eigenvalue weighted by molar-refractivity contribution is 6.93. The summed E-state index contributed by atoms with van der Waals surface area (Å²) in [6, 6.07) is 21.3. The van der Waals surface area contributed by atoms with Crippen molar-refractivity contribution in [3.8, 4) is 0 Å². The third kappa shape index (κ3) is 19.3.